The van der Waals surface area contributed by atoms with Gasteiger partial charge in [-0.25, -0.2) is 8.42 Å². The molecule has 0 saturated carbocycles. The average Bonchev–Trinajstić information content (AvgIpc) is 3.15. The van der Waals surface area contributed by atoms with Crippen LogP contribution in [-0.4, -0.2) is 13.4 Å². The maximum atomic E-state index is 13.7. The van der Waals surface area contributed by atoms with Gasteiger partial charge in [-0.1, -0.05) is 48.0 Å². The highest BCUT2D eigenvalue weighted by atomic mass is 35.5. The molecular weight excluding hydrogens is 473 g/mol. The molecule has 0 aliphatic heterocycles. The van der Waals surface area contributed by atoms with Crippen LogP contribution in [0.3, 0.4) is 0 Å². The normalized spacial score (nSPS) is 12.6. The van der Waals surface area contributed by atoms with E-state index in [4.69, 9.17) is 11.6 Å². The number of nitriles is 1. The molecule has 0 fully saturated rings. The van der Waals surface area contributed by atoms with Gasteiger partial charge in [0.15, 0.2) is 0 Å². The van der Waals surface area contributed by atoms with Crippen LogP contribution in [0.1, 0.15) is 11.1 Å². The number of fused-ring (bicyclic) bond motifs is 1. The van der Waals surface area contributed by atoms with Crippen molar-refractivity contribution in [1.82, 2.24) is 4.98 Å². The van der Waals surface area contributed by atoms with Gasteiger partial charge in [0.25, 0.3) is 0 Å². The number of benzene rings is 3. The Kier molecular flexibility index (Phi) is 5.78. The monoisotopic (exact) mass is 486 g/mol. The zero-order valence-corrected chi connectivity index (χ0v) is 18.3. The van der Waals surface area contributed by atoms with Crippen LogP contribution in [0.4, 0.5) is 13.2 Å². The van der Waals surface area contributed by atoms with Crippen LogP contribution < -0.4 is 0 Å². The second kappa shape index (κ2) is 8.43. The highest BCUT2D eigenvalue weighted by Gasteiger charge is 2.34. The van der Waals surface area contributed by atoms with Gasteiger partial charge < -0.3 is 4.98 Å². The van der Waals surface area contributed by atoms with Crippen molar-refractivity contribution < 1.29 is 21.6 Å². The Morgan fingerprint density at radius 3 is 2.27 bits per heavy atom. The van der Waals surface area contributed by atoms with Gasteiger partial charge in [-0.3, -0.25) is 0 Å². The van der Waals surface area contributed by atoms with E-state index >= 15 is 0 Å². The number of rotatable bonds is 4. The van der Waals surface area contributed by atoms with Crippen LogP contribution in [0.5, 0.6) is 0 Å². The number of aromatic amines is 1. The first kappa shape index (κ1) is 22.6. The fraction of sp³-hybridized carbons (Fsp3) is 0.0417. The number of halogens is 4. The summed E-state index contributed by atoms with van der Waals surface area (Å²) in [6, 6.07) is 18.6. The third kappa shape index (κ3) is 4.25. The van der Waals surface area contributed by atoms with Crippen LogP contribution in [-0.2, 0) is 16.0 Å². The van der Waals surface area contributed by atoms with Gasteiger partial charge in [0.05, 0.1) is 16.2 Å². The molecule has 0 unspecified atom stereocenters. The molecule has 0 aliphatic carbocycles. The van der Waals surface area contributed by atoms with E-state index in [1.807, 2.05) is 0 Å². The summed E-state index contributed by atoms with van der Waals surface area (Å²) in [6.45, 7) is 0. The van der Waals surface area contributed by atoms with Gasteiger partial charge >= 0.3 is 6.18 Å². The molecule has 166 valence electrons. The van der Waals surface area contributed by atoms with Crippen LogP contribution in [0.2, 0.25) is 5.02 Å². The molecule has 0 atom stereocenters. The fourth-order valence-electron chi connectivity index (χ4n) is 3.52. The lowest BCUT2D eigenvalue weighted by Gasteiger charge is -2.12. The summed E-state index contributed by atoms with van der Waals surface area (Å²) in [4.78, 5) is 2.19. The number of hydrogen-bond donors (Lipinski definition) is 1. The van der Waals surface area contributed by atoms with Crippen molar-refractivity contribution in [3.05, 3.63) is 93.9 Å². The molecule has 4 aromatic rings. The van der Waals surface area contributed by atoms with E-state index in [2.05, 4.69) is 4.98 Å². The van der Waals surface area contributed by atoms with Crippen LogP contribution in [0.15, 0.2) is 82.6 Å². The van der Waals surface area contributed by atoms with E-state index in [0.29, 0.717) is 15.9 Å². The summed E-state index contributed by atoms with van der Waals surface area (Å²) in [6.07, 6.45) is -3.53. The predicted molar refractivity (Wildman–Crippen MR) is 121 cm³/mol. The summed E-state index contributed by atoms with van der Waals surface area (Å²) < 4.78 is 67.3. The highest BCUT2D eigenvalue weighted by Crippen LogP contribution is 2.40. The van der Waals surface area contributed by atoms with Crippen molar-refractivity contribution in [2.24, 2.45) is 0 Å². The van der Waals surface area contributed by atoms with Gasteiger partial charge in [-0.2, -0.15) is 18.4 Å². The van der Waals surface area contributed by atoms with Gasteiger partial charge in [-0.15, -0.1) is 0 Å². The quantitative estimate of drug-likeness (QED) is 0.321. The molecule has 1 aromatic heterocycles. The molecular formula is C24H14ClF3N2O2S. The molecule has 9 heteroatoms. The Labute approximate surface area is 192 Å². The Morgan fingerprint density at radius 1 is 0.970 bits per heavy atom. The van der Waals surface area contributed by atoms with E-state index in [1.54, 1.807) is 30.3 Å². The molecule has 1 N–H and O–H groups in total. The second-order valence-electron chi connectivity index (χ2n) is 7.08. The van der Waals surface area contributed by atoms with Crippen molar-refractivity contribution in [3.63, 3.8) is 0 Å². The van der Waals surface area contributed by atoms with Crippen LogP contribution in [0, 0.1) is 11.3 Å². The minimum absolute atomic E-state index is 0.0585. The summed E-state index contributed by atoms with van der Waals surface area (Å²) in [7, 11) is -4.24. The first-order chi connectivity index (χ1) is 15.6. The molecule has 3 aromatic carbocycles. The van der Waals surface area contributed by atoms with E-state index in [9.17, 15) is 26.9 Å². The van der Waals surface area contributed by atoms with E-state index in [-0.39, 0.29) is 21.7 Å². The van der Waals surface area contributed by atoms with E-state index < -0.39 is 26.5 Å². The summed E-state index contributed by atoms with van der Waals surface area (Å²) >= 11 is 5.83. The van der Waals surface area contributed by atoms with Gasteiger partial charge in [0, 0.05) is 27.1 Å². The summed E-state index contributed by atoms with van der Waals surface area (Å²) in [5.41, 5.74) is -0.324. The van der Waals surface area contributed by atoms with Crippen molar-refractivity contribution in [2.75, 3.05) is 0 Å². The Balaban J connectivity index is 2.00. The number of sulfone groups is 1. The summed E-state index contributed by atoms with van der Waals surface area (Å²) in [5.74, 6) is 0. The molecule has 0 saturated heterocycles. The molecule has 0 radical (unpaired) electrons. The number of hydrogen-bond acceptors (Lipinski definition) is 3. The fourth-order valence-corrected chi connectivity index (χ4v) is 4.78. The maximum absolute atomic E-state index is 13.7. The standard InChI is InChI=1S/C24H14ClF3N2O2S/c25-15-9-11-16(12-10-15)33(31,32)17(14-29)13-20-18-5-2-4-8-22(18)30-23(20)19-6-1-3-7-21(19)24(26,27)28/h1-13,30H/b17-13-. The van der Waals surface area contributed by atoms with Crippen molar-refractivity contribution in [1.29, 1.82) is 5.26 Å². The molecule has 0 amide bonds. The summed E-state index contributed by atoms with van der Waals surface area (Å²) in [5, 5.41) is 10.5. The van der Waals surface area contributed by atoms with Gasteiger partial charge in [0.2, 0.25) is 9.84 Å². The number of nitrogens with one attached hydrogen (secondary N) is 1. The minimum Gasteiger partial charge on any atom is -0.354 e. The number of para-hydroxylation sites is 1. The van der Waals surface area contributed by atoms with Crippen LogP contribution in [0.25, 0.3) is 28.2 Å². The third-order valence-electron chi connectivity index (χ3n) is 5.05. The average molecular weight is 487 g/mol. The third-order valence-corrected chi connectivity index (χ3v) is 6.98. The smallest absolute Gasteiger partial charge is 0.354 e. The Morgan fingerprint density at radius 2 is 1.61 bits per heavy atom. The molecule has 0 aliphatic rings. The molecule has 4 rings (SSSR count). The Bertz CT molecular complexity index is 1530. The Hall–Kier alpha value is -3.54. The molecule has 0 spiro atoms. The number of aromatic nitrogens is 1. The SMILES string of the molecule is N#C/C(=C/c1c(-c2ccccc2C(F)(F)F)[nH]c2ccccc12)S(=O)(=O)c1ccc(Cl)cc1. The van der Waals surface area contributed by atoms with E-state index in [1.165, 1.54) is 42.5 Å². The van der Waals surface area contributed by atoms with Crippen molar-refractivity contribution >= 4 is 38.4 Å². The van der Waals surface area contributed by atoms with E-state index in [0.717, 1.165) is 12.1 Å². The lowest BCUT2D eigenvalue weighted by molar-refractivity contribution is -0.137. The lowest BCUT2D eigenvalue weighted by Crippen LogP contribution is -2.07. The largest absolute Gasteiger partial charge is 0.417 e. The van der Waals surface area contributed by atoms with Crippen molar-refractivity contribution in [2.45, 2.75) is 11.1 Å². The first-order valence-corrected chi connectivity index (χ1v) is 11.4. The minimum atomic E-state index is -4.64. The lowest BCUT2D eigenvalue weighted by atomic mass is 9.99. The molecule has 0 bridgehead atoms. The zero-order chi connectivity index (χ0) is 23.8. The van der Waals surface area contributed by atoms with Gasteiger partial charge in [0.1, 0.15) is 11.0 Å². The molecule has 1 heterocycles. The molecule has 33 heavy (non-hydrogen) atoms. The van der Waals surface area contributed by atoms with Crippen molar-refractivity contribution in [3.8, 4) is 17.3 Å². The topological polar surface area (TPSA) is 73.7 Å². The van der Waals surface area contributed by atoms with Crippen LogP contribution >= 0.6 is 11.6 Å². The number of H-pyrrole nitrogens is 1. The number of nitrogens with zero attached hydrogens (tertiary/aromatic N) is 1. The highest BCUT2D eigenvalue weighted by molar-refractivity contribution is 7.95. The maximum Gasteiger partial charge on any atom is 0.417 e. The number of alkyl halides is 3. The van der Waals surface area contributed by atoms with Gasteiger partial charge in [-0.05, 0) is 42.5 Å². The molecule has 4 nitrogen and oxygen atoms in total. The predicted octanol–water partition coefficient (Wildman–Crippen LogP) is 6.85. The number of allylic oxidation sites excluding steroid dienone is 1. The zero-order valence-electron chi connectivity index (χ0n) is 16.7. The first-order valence-electron chi connectivity index (χ1n) is 9.52. The second-order valence-corrected chi connectivity index (χ2v) is 9.43.